The molecule has 1 heterocycles. The molecule has 37 heavy (non-hydrogen) atoms. The Morgan fingerprint density at radius 3 is 1.81 bits per heavy atom. The van der Waals surface area contributed by atoms with E-state index in [2.05, 4.69) is 134 Å². The molecule has 0 bridgehead atoms. The second-order valence-electron chi connectivity index (χ2n) is 8.48. The third-order valence-electron chi connectivity index (χ3n) is 5.89. The van der Waals surface area contributed by atoms with E-state index >= 15 is 0 Å². The molecule has 0 spiro atoms. The van der Waals surface area contributed by atoms with E-state index < -0.39 is 7.92 Å². The van der Waals surface area contributed by atoms with Crippen molar-refractivity contribution in [1.29, 1.82) is 0 Å². The SMILES string of the molecule is CCCCc1cnc2c(C#[C][Au])ccc(F)c2c1.c1ccc(P(c2ccccc2)c2ccccc2)cc1. The van der Waals surface area contributed by atoms with E-state index in [1.165, 1.54) is 22.0 Å². The topological polar surface area (TPSA) is 12.9 Å². The van der Waals surface area contributed by atoms with Crippen LogP contribution in [0.5, 0.6) is 0 Å². The van der Waals surface area contributed by atoms with Crippen LogP contribution in [0, 0.1) is 15.9 Å². The number of hydrogen-bond acceptors (Lipinski definition) is 1. The molecule has 0 saturated heterocycles. The van der Waals surface area contributed by atoms with Crippen LogP contribution in [-0.2, 0) is 27.5 Å². The van der Waals surface area contributed by atoms with Crippen molar-refractivity contribution >= 4 is 34.7 Å². The summed E-state index contributed by atoms with van der Waals surface area (Å²) in [6.45, 7) is 2.14. The summed E-state index contributed by atoms with van der Waals surface area (Å²) in [5, 5.41) is 4.76. The Bertz CT molecular complexity index is 1380. The maximum atomic E-state index is 13.8. The van der Waals surface area contributed by atoms with Crippen LogP contribution >= 0.6 is 7.92 Å². The molecular weight excluding hydrogens is 657 g/mol. The fraction of sp³-hybridized carbons (Fsp3) is 0.121. The molecule has 188 valence electrons. The molecule has 5 aromatic rings. The monoisotopic (exact) mass is 685 g/mol. The Hall–Kier alpha value is -3.05. The van der Waals surface area contributed by atoms with Crippen LogP contribution in [0.4, 0.5) is 4.39 Å². The van der Waals surface area contributed by atoms with Gasteiger partial charge in [-0.3, -0.25) is 0 Å². The van der Waals surface area contributed by atoms with E-state index in [-0.39, 0.29) is 5.82 Å². The van der Waals surface area contributed by atoms with Crippen molar-refractivity contribution < 1.29 is 25.5 Å². The van der Waals surface area contributed by atoms with Crippen LogP contribution < -0.4 is 15.9 Å². The summed E-state index contributed by atoms with van der Waals surface area (Å²) in [6.07, 6.45) is 4.99. The second-order valence-corrected chi connectivity index (χ2v) is 11.2. The van der Waals surface area contributed by atoms with Crippen molar-refractivity contribution in [3.05, 3.63) is 132 Å². The normalized spacial score (nSPS) is 10.4. The zero-order valence-electron chi connectivity index (χ0n) is 20.7. The third kappa shape index (κ3) is 7.26. The van der Waals surface area contributed by atoms with Crippen molar-refractivity contribution in [3.8, 4) is 10.1 Å². The van der Waals surface area contributed by atoms with Crippen molar-refractivity contribution in [2.45, 2.75) is 26.2 Å². The van der Waals surface area contributed by atoms with Gasteiger partial charge in [0.25, 0.3) is 0 Å². The van der Waals surface area contributed by atoms with Gasteiger partial charge in [-0.15, -0.1) is 0 Å². The maximum absolute atomic E-state index is 13.8. The molecule has 0 aliphatic carbocycles. The summed E-state index contributed by atoms with van der Waals surface area (Å²) in [5.41, 5.74) is 2.51. The van der Waals surface area contributed by atoms with Crippen LogP contribution in [0.25, 0.3) is 10.9 Å². The zero-order chi connectivity index (χ0) is 25.9. The number of unbranched alkanes of at least 4 members (excludes halogenated alkanes) is 1. The molecule has 1 nitrogen and oxygen atoms in total. The molecule has 5 rings (SSSR count). The number of hydrogen-bond donors (Lipinski definition) is 0. The number of aryl methyl sites for hydroxylation is 1. The van der Waals surface area contributed by atoms with E-state index in [0.29, 0.717) is 10.9 Å². The van der Waals surface area contributed by atoms with Gasteiger partial charge in [-0.2, -0.15) is 0 Å². The van der Waals surface area contributed by atoms with Crippen LogP contribution in [0.1, 0.15) is 30.9 Å². The van der Waals surface area contributed by atoms with E-state index in [4.69, 9.17) is 0 Å². The molecule has 0 aliphatic rings. The fourth-order valence-electron chi connectivity index (χ4n) is 4.07. The quantitative estimate of drug-likeness (QED) is 0.107. The van der Waals surface area contributed by atoms with Gasteiger partial charge in [0.2, 0.25) is 0 Å². The van der Waals surface area contributed by atoms with E-state index in [1.807, 2.05) is 12.3 Å². The minimum Gasteiger partial charge on any atom is -0.0622 e. The van der Waals surface area contributed by atoms with E-state index in [9.17, 15) is 4.39 Å². The minimum atomic E-state index is -0.446. The Kier molecular flexibility index (Phi) is 10.2. The standard InChI is InChI=1S/C18H15P.C15H13FN.Au/c1-4-10-16(11-5-1)19(17-12-6-2-7-13-17)18-14-8-3-9-15-18;1-3-5-6-11-9-13-14(16)8-7-12(4-2)15(13)17-10-11;/h1-15H;7-10H,3,5-6H2,1H3;. The van der Waals surface area contributed by atoms with Crippen molar-refractivity contribution in [2.24, 2.45) is 0 Å². The summed E-state index contributed by atoms with van der Waals surface area (Å²) in [7, 11) is -0.446. The summed E-state index contributed by atoms with van der Waals surface area (Å²) < 4.78 is 16.6. The predicted molar refractivity (Wildman–Crippen MR) is 152 cm³/mol. The van der Waals surface area contributed by atoms with E-state index in [0.717, 1.165) is 30.4 Å². The third-order valence-corrected chi connectivity index (χ3v) is 8.60. The maximum Gasteiger partial charge on any atom is -0.0134 e. The number of nitrogens with zero attached hydrogens (tertiary/aromatic N) is 1. The van der Waals surface area contributed by atoms with Crippen LogP contribution in [0.2, 0.25) is 0 Å². The Balaban J connectivity index is 0.000000173. The molecule has 0 saturated carbocycles. The Morgan fingerprint density at radius 1 is 0.784 bits per heavy atom. The molecular formula is C33H28AuFNP. The van der Waals surface area contributed by atoms with Gasteiger partial charge in [-0.25, -0.2) is 0 Å². The largest absolute Gasteiger partial charge is 0.0622 e. The van der Waals surface area contributed by atoms with Gasteiger partial charge in [0.15, 0.2) is 0 Å². The fourth-order valence-corrected chi connectivity index (χ4v) is 6.66. The molecule has 0 radical (unpaired) electrons. The first-order valence-corrected chi connectivity index (χ1v) is 14.7. The predicted octanol–water partition coefficient (Wildman–Crippen LogP) is 7.02. The summed E-state index contributed by atoms with van der Waals surface area (Å²) in [5.74, 6) is 2.71. The number of benzene rings is 4. The van der Waals surface area contributed by atoms with Crippen LogP contribution in [0.3, 0.4) is 0 Å². The smallest absolute Gasteiger partial charge is 0.0134 e. The molecule has 4 heteroatoms. The molecule has 0 unspecified atom stereocenters. The molecule has 4 aromatic carbocycles. The van der Waals surface area contributed by atoms with Crippen LogP contribution in [0.15, 0.2) is 115 Å². The van der Waals surface area contributed by atoms with Gasteiger partial charge in [0, 0.05) is 0 Å². The average Bonchev–Trinajstić information content (AvgIpc) is 2.96. The number of rotatable bonds is 6. The van der Waals surface area contributed by atoms with Crippen molar-refractivity contribution in [3.63, 3.8) is 0 Å². The van der Waals surface area contributed by atoms with Gasteiger partial charge >= 0.3 is 119 Å². The molecule has 0 aliphatic heterocycles. The number of fused-ring (bicyclic) bond motifs is 1. The van der Waals surface area contributed by atoms with Crippen molar-refractivity contribution in [2.75, 3.05) is 0 Å². The first-order chi connectivity index (χ1) is 18.2. The molecule has 0 atom stereocenters. The Morgan fingerprint density at radius 2 is 1.32 bits per heavy atom. The second kappa shape index (κ2) is 14.0. The summed E-state index contributed by atoms with van der Waals surface area (Å²) >= 11 is 2.15. The average molecular weight is 686 g/mol. The molecule has 0 N–H and O–H groups in total. The number of pyridine rings is 1. The Labute approximate surface area is 232 Å². The van der Waals surface area contributed by atoms with Crippen molar-refractivity contribution in [1.82, 2.24) is 4.98 Å². The first-order valence-electron chi connectivity index (χ1n) is 12.3. The molecule has 0 fully saturated rings. The van der Waals surface area contributed by atoms with Gasteiger partial charge in [-0.05, 0) is 23.8 Å². The molecule has 0 amide bonds. The van der Waals surface area contributed by atoms with Gasteiger partial charge < -0.3 is 0 Å². The van der Waals surface area contributed by atoms with Crippen LogP contribution in [-0.4, -0.2) is 4.98 Å². The minimum absolute atomic E-state index is 0.229. The summed E-state index contributed by atoms with van der Waals surface area (Å²) in [4.78, 5) is 4.36. The number of aromatic nitrogens is 1. The molecule has 1 aromatic heterocycles. The van der Waals surface area contributed by atoms with E-state index in [1.54, 1.807) is 6.07 Å². The van der Waals surface area contributed by atoms with Gasteiger partial charge in [-0.1, -0.05) is 91.0 Å². The first kappa shape index (κ1) is 27.0. The number of halogens is 1. The van der Waals surface area contributed by atoms with Gasteiger partial charge in [0.05, 0.1) is 0 Å². The van der Waals surface area contributed by atoms with Gasteiger partial charge in [0.1, 0.15) is 0 Å². The summed E-state index contributed by atoms with van der Waals surface area (Å²) in [6, 6.07) is 37.4. The zero-order valence-corrected chi connectivity index (χ0v) is 23.7.